The van der Waals surface area contributed by atoms with Crippen LogP contribution in [-0.2, 0) is 9.53 Å². The first-order chi connectivity index (χ1) is 13.1. The molecule has 1 saturated carbocycles. The Morgan fingerprint density at radius 1 is 1.04 bits per heavy atom. The van der Waals surface area contributed by atoms with Crippen molar-refractivity contribution in [3.63, 3.8) is 0 Å². The second kappa shape index (κ2) is 7.06. The highest BCUT2D eigenvalue weighted by Gasteiger charge is 2.38. The van der Waals surface area contributed by atoms with E-state index < -0.39 is 18.0 Å². The van der Waals surface area contributed by atoms with Gasteiger partial charge in [-0.1, -0.05) is 55.0 Å². The van der Waals surface area contributed by atoms with E-state index in [4.69, 9.17) is 4.74 Å². The molecule has 5 heteroatoms. The molecule has 0 unspecified atom stereocenters. The number of carbonyl (C=O) groups excluding carboxylic acids is 1. The molecule has 1 N–H and O–H groups in total. The topological polar surface area (TPSA) is 66.8 Å². The smallest absolute Gasteiger partial charge is 0.409 e. The number of rotatable bonds is 4. The van der Waals surface area contributed by atoms with Crippen LogP contribution < -0.4 is 0 Å². The SMILES string of the molecule is CN(C(=O)OCC1c2ccccc2-c2ccccc21)[C@@H]1CCC[C@@H]1C(=O)O. The minimum absolute atomic E-state index is 0.00796. The highest BCUT2D eigenvalue weighted by Crippen LogP contribution is 2.44. The maximum absolute atomic E-state index is 12.6. The third kappa shape index (κ3) is 3.07. The van der Waals surface area contributed by atoms with Gasteiger partial charge in [0, 0.05) is 19.0 Å². The first kappa shape index (κ1) is 17.6. The van der Waals surface area contributed by atoms with Gasteiger partial charge < -0.3 is 14.7 Å². The third-order valence-electron chi connectivity index (χ3n) is 5.92. The van der Waals surface area contributed by atoms with Crippen LogP contribution in [0.15, 0.2) is 48.5 Å². The summed E-state index contributed by atoms with van der Waals surface area (Å²) in [5.74, 6) is -1.33. The van der Waals surface area contributed by atoms with Crippen molar-refractivity contribution in [2.24, 2.45) is 5.92 Å². The number of hydrogen-bond donors (Lipinski definition) is 1. The van der Waals surface area contributed by atoms with Gasteiger partial charge in [0.1, 0.15) is 6.61 Å². The van der Waals surface area contributed by atoms with Gasteiger partial charge in [-0.25, -0.2) is 4.79 Å². The molecule has 0 aromatic heterocycles. The number of amides is 1. The van der Waals surface area contributed by atoms with Gasteiger partial charge in [0.2, 0.25) is 0 Å². The van der Waals surface area contributed by atoms with Gasteiger partial charge in [0.25, 0.3) is 0 Å². The van der Waals surface area contributed by atoms with E-state index in [1.165, 1.54) is 27.2 Å². The number of hydrogen-bond acceptors (Lipinski definition) is 3. The van der Waals surface area contributed by atoms with E-state index in [1.54, 1.807) is 7.05 Å². The van der Waals surface area contributed by atoms with E-state index in [0.29, 0.717) is 12.8 Å². The number of aliphatic carboxylic acids is 1. The van der Waals surface area contributed by atoms with Crippen molar-refractivity contribution >= 4 is 12.1 Å². The van der Waals surface area contributed by atoms with Crippen molar-refractivity contribution in [1.29, 1.82) is 0 Å². The monoisotopic (exact) mass is 365 g/mol. The lowest BCUT2D eigenvalue weighted by molar-refractivity contribution is -0.143. The molecule has 0 radical (unpaired) electrons. The van der Waals surface area contributed by atoms with E-state index in [2.05, 4.69) is 24.3 Å². The van der Waals surface area contributed by atoms with E-state index >= 15 is 0 Å². The summed E-state index contributed by atoms with van der Waals surface area (Å²) in [6, 6.07) is 16.1. The van der Waals surface area contributed by atoms with Gasteiger partial charge in [0.15, 0.2) is 0 Å². The van der Waals surface area contributed by atoms with E-state index in [0.717, 1.165) is 6.42 Å². The lowest BCUT2D eigenvalue weighted by Gasteiger charge is -2.27. The van der Waals surface area contributed by atoms with Crippen LogP contribution >= 0.6 is 0 Å². The maximum Gasteiger partial charge on any atom is 0.409 e. The summed E-state index contributed by atoms with van der Waals surface area (Å²) in [6.07, 6.45) is 1.69. The van der Waals surface area contributed by atoms with Gasteiger partial charge in [-0.3, -0.25) is 4.79 Å². The van der Waals surface area contributed by atoms with Crippen molar-refractivity contribution in [2.45, 2.75) is 31.2 Å². The summed E-state index contributed by atoms with van der Waals surface area (Å²) in [5, 5.41) is 9.36. The van der Waals surface area contributed by atoms with Crippen molar-refractivity contribution in [3.05, 3.63) is 59.7 Å². The number of carbonyl (C=O) groups is 2. The average molecular weight is 365 g/mol. The molecule has 0 heterocycles. The molecule has 1 fully saturated rings. The number of carboxylic acid groups (broad SMARTS) is 1. The van der Waals surface area contributed by atoms with Crippen LogP contribution in [0.25, 0.3) is 11.1 Å². The van der Waals surface area contributed by atoms with Crippen LogP contribution in [0.4, 0.5) is 4.79 Å². The van der Waals surface area contributed by atoms with Crippen LogP contribution in [0.1, 0.15) is 36.3 Å². The summed E-state index contributed by atoms with van der Waals surface area (Å²) in [4.78, 5) is 25.5. The fourth-order valence-corrected chi connectivity index (χ4v) is 4.52. The Hall–Kier alpha value is -2.82. The molecule has 0 bridgehead atoms. The molecule has 0 spiro atoms. The van der Waals surface area contributed by atoms with Crippen molar-refractivity contribution in [3.8, 4) is 11.1 Å². The zero-order chi connectivity index (χ0) is 19.0. The summed E-state index contributed by atoms with van der Waals surface area (Å²) < 4.78 is 5.64. The quantitative estimate of drug-likeness (QED) is 0.885. The summed E-state index contributed by atoms with van der Waals surface area (Å²) in [5.41, 5.74) is 4.70. The van der Waals surface area contributed by atoms with Gasteiger partial charge in [0.05, 0.1) is 5.92 Å². The number of benzene rings is 2. The standard InChI is InChI=1S/C22H23NO4/c1-23(20-12-6-11-18(20)21(24)25)22(26)27-13-19-16-9-4-2-7-14(16)15-8-3-5-10-17(15)19/h2-5,7-10,18-20H,6,11-13H2,1H3,(H,24,25)/t18-,20+/m0/s1. The minimum Gasteiger partial charge on any atom is -0.481 e. The molecule has 27 heavy (non-hydrogen) atoms. The van der Waals surface area contributed by atoms with Crippen molar-refractivity contribution < 1.29 is 19.4 Å². The van der Waals surface area contributed by atoms with Gasteiger partial charge >= 0.3 is 12.1 Å². The number of carboxylic acids is 1. The van der Waals surface area contributed by atoms with Crippen molar-refractivity contribution in [2.75, 3.05) is 13.7 Å². The Morgan fingerprint density at radius 3 is 2.22 bits per heavy atom. The zero-order valence-electron chi connectivity index (χ0n) is 15.3. The molecule has 2 aromatic rings. The highest BCUT2D eigenvalue weighted by molar-refractivity contribution is 5.79. The van der Waals surface area contributed by atoms with Crippen molar-refractivity contribution in [1.82, 2.24) is 4.90 Å². The molecule has 5 nitrogen and oxygen atoms in total. The molecule has 140 valence electrons. The minimum atomic E-state index is -0.837. The van der Waals surface area contributed by atoms with Gasteiger partial charge in [-0.2, -0.15) is 0 Å². The summed E-state index contributed by atoms with van der Waals surface area (Å²) >= 11 is 0. The first-order valence-electron chi connectivity index (χ1n) is 9.38. The number of nitrogens with zero attached hydrogens (tertiary/aromatic N) is 1. The zero-order valence-corrected chi connectivity index (χ0v) is 15.3. The van der Waals surface area contributed by atoms with E-state index in [1.807, 2.05) is 24.3 Å². The molecule has 4 rings (SSSR count). The predicted molar refractivity (Wildman–Crippen MR) is 102 cm³/mol. The molecule has 2 aliphatic carbocycles. The fraction of sp³-hybridized carbons (Fsp3) is 0.364. The number of fused-ring (bicyclic) bond motifs is 3. The van der Waals surface area contributed by atoms with Crippen LogP contribution in [0.2, 0.25) is 0 Å². The predicted octanol–water partition coefficient (Wildman–Crippen LogP) is 4.12. The third-order valence-corrected chi connectivity index (χ3v) is 5.92. The molecular weight excluding hydrogens is 342 g/mol. The van der Waals surface area contributed by atoms with Crippen LogP contribution in [-0.4, -0.2) is 41.8 Å². The van der Waals surface area contributed by atoms with Gasteiger partial charge in [-0.05, 0) is 35.1 Å². The fourth-order valence-electron chi connectivity index (χ4n) is 4.52. The largest absolute Gasteiger partial charge is 0.481 e. The Kier molecular flexibility index (Phi) is 4.60. The molecule has 0 saturated heterocycles. The molecular formula is C22H23NO4. The lowest BCUT2D eigenvalue weighted by atomic mass is 9.98. The second-order valence-corrected chi connectivity index (χ2v) is 7.36. The molecule has 2 atom stereocenters. The lowest BCUT2D eigenvalue weighted by Crippen LogP contribution is -2.42. The Labute approximate surface area is 158 Å². The highest BCUT2D eigenvalue weighted by atomic mass is 16.6. The average Bonchev–Trinajstić information content (AvgIpc) is 3.29. The Morgan fingerprint density at radius 2 is 1.63 bits per heavy atom. The van der Waals surface area contributed by atoms with E-state index in [9.17, 15) is 14.7 Å². The second-order valence-electron chi connectivity index (χ2n) is 7.36. The van der Waals surface area contributed by atoms with Crippen LogP contribution in [0.3, 0.4) is 0 Å². The first-order valence-corrected chi connectivity index (χ1v) is 9.38. The number of ether oxygens (including phenoxy) is 1. The van der Waals surface area contributed by atoms with Crippen LogP contribution in [0.5, 0.6) is 0 Å². The molecule has 0 aliphatic heterocycles. The Balaban J connectivity index is 1.49. The molecule has 2 aromatic carbocycles. The molecule has 2 aliphatic rings. The van der Waals surface area contributed by atoms with Gasteiger partial charge in [-0.15, -0.1) is 0 Å². The van der Waals surface area contributed by atoms with E-state index in [-0.39, 0.29) is 18.6 Å². The summed E-state index contributed by atoms with van der Waals surface area (Å²) in [7, 11) is 1.64. The normalized spacial score (nSPS) is 20.8. The van der Waals surface area contributed by atoms with Crippen LogP contribution in [0, 0.1) is 5.92 Å². The Bertz CT molecular complexity index is 833. The maximum atomic E-state index is 12.6. The molecule has 1 amide bonds. The summed E-state index contributed by atoms with van der Waals surface area (Å²) in [6.45, 7) is 0.252.